The van der Waals surface area contributed by atoms with E-state index < -0.39 is 0 Å². The smallest absolute Gasteiger partial charge is 0.175 e. The summed E-state index contributed by atoms with van der Waals surface area (Å²) >= 11 is 3.51. The molecule has 2 N–H and O–H groups in total. The van der Waals surface area contributed by atoms with Crippen molar-refractivity contribution >= 4 is 15.9 Å². The van der Waals surface area contributed by atoms with Gasteiger partial charge in [0.05, 0.1) is 11.6 Å². The lowest BCUT2D eigenvalue weighted by Crippen LogP contribution is -2.05. The number of hydrogen-bond donors (Lipinski definition) is 1. The summed E-state index contributed by atoms with van der Waals surface area (Å²) < 4.78 is 12.0. The minimum atomic E-state index is 0.502. The SMILES string of the molecule is C=C(CC)COc1c(Br)cc(CCN)cc1OC. The Kier molecular flexibility index (Phi) is 6.22. The van der Waals surface area contributed by atoms with Crippen molar-refractivity contribution in [3.8, 4) is 11.5 Å². The highest BCUT2D eigenvalue weighted by atomic mass is 79.9. The van der Waals surface area contributed by atoms with Gasteiger partial charge in [-0.05, 0) is 58.6 Å². The molecule has 0 heterocycles. The van der Waals surface area contributed by atoms with E-state index >= 15 is 0 Å². The van der Waals surface area contributed by atoms with E-state index in [0.717, 1.165) is 34.2 Å². The third kappa shape index (κ3) is 4.03. The molecule has 1 rings (SSSR count). The van der Waals surface area contributed by atoms with Crippen molar-refractivity contribution < 1.29 is 9.47 Å². The molecule has 0 unspecified atom stereocenters. The van der Waals surface area contributed by atoms with Crippen LogP contribution in [0.2, 0.25) is 0 Å². The van der Waals surface area contributed by atoms with Gasteiger partial charge in [-0.3, -0.25) is 0 Å². The molecule has 0 bridgehead atoms. The zero-order valence-corrected chi connectivity index (χ0v) is 12.5. The summed E-state index contributed by atoms with van der Waals surface area (Å²) in [4.78, 5) is 0. The highest BCUT2D eigenvalue weighted by Gasteiger charge is 2.11. The maximum Gasteiger partial charge on any atom is 0.175 e. The number of hydrogen-bond acceptors (Lipinski definition) is 3. The van der Waals surface area contributed by atoms with Gasteiger partial charge in [0.1, 0.15) is 6.61 Å². The van der Waals surface area contributed by atoms with Crippen LogP contribution in [0.15, 0.2) is 28.8 Å². The van der Waals surface area contributed by atoms with Crippen LogP contribution in [0.4, 0.5) is 0 Å². The Morgan fingerprint density at radius 3 is 2.72 bits per heavy atom. The molecule has 4 heteroatoms. The van der Waals surface area contributed by atoms with Crippen molar-refractivity contribution in [1.82, 2.24) is 0 Å². The van der Waals surface area contributed by atoms with E-state index in [-0.39, 0.29) is 0 Å². The fraction of sp³-hybridized carbons (Fsp3) is 0.429. The van der Waals surface area contributed by atoms with Crippen LogP contribution in [-0.4, -0.2) is 20.3 Å². The van der Waals surface area contributed by atoms with E-state index in [1.807, 2.05) is 12.1 Å². The van der Waals surface area contributed by atoms with E-state index in [4.69, 9.17) is 15.2 Å². The molecule has 100 valence electrons. The van der Waals surface area contributed by atoms with Crippen LogP contribution in [-0.2, 0) is 6.42 Å². The second-order valence-corrected chi connectivity index (χ2v) is 4.89. The largest absolute Gasteiger partial charge is 0.493 e. The van der Waals surface area contributed by atoms with Gasteiger partial charge in [0.2, 0.25) is 0 Å². The highest BCUT2D eigenvalue weighted by molar-refractivity contribution is 9.10. The third-order valence-corrected chi connectivity index (χ3v) is 3.23. The fourth-order valence-electron chi connectivity index (χ4n) is 1.50. The molecule has 0 radical (unpaired) electrons. The number of benzene rings is 1. The second-order valence-electron chi connectivity index (χ2n) is 4.04. The molecule has 0 aliphatic rings. The van der Waals surface area contributed by atoms with Crippen LogP contribution in [0, 0.1) is 0 Å². The summed E-state index contributed by atoms with van der Waals surface area (Å²) in [7, 11) is 1.63. The Morgan fingerprint density at radius 2 is 2.17 bits per heavy atom. The molecule has 0 fully saturated rings. The van der Waals surface area contributed by atoms with Crippen LogP contribution < -0.4 is 15.2 Å². The Labute approximate surface area is 117 Å². The zero-order valence-electron chi connectivity index (χ0n) is 11.0. The summed E-state index contributed by atoms with van der Waals surface area (Å²) in [5.74, 6) is 1.43. The van der Waals surface area contributed by atoms with Gasteiger partial charge in [0.15, 0.2) is 11.5 Å². The number of rotatable bonds is 7. The molecule has 0 aliphatic heterocycles. The van der Waals surface area contributed by atoms with Gasteiger partial charge >= 0.3 is 0 Å². The predicted octanol–water partition coefficient (Wildman–Crippen LogP) is 3.30. The van der Waals surface area contributed by atoms with Gasteiger partial charge in [0, 0.05) is 0 Å². The fourth-order valence-corrected chi connectivity index (χ4v) is 2.10. The molecule has 3 nitrogen and oxygen atoms in total. The number of ether oxygens (including phenoxy) is 2. The average molecular weight is 314 g/mol. The van der Waals surface area contributed by atoms with Crippen LogP contribution >= 0.6 is 15.9 Å². The molecule has 0 saturated carbocycles. The number of nitrogens with two attached hydrogens (primary N) is 1. The minimum Gasteiger partial charge on any atom is -0.493 e. The molecule has 18 heavy (non-hydrogen) atoms. The normalized spacial score (nSPS) is 10.2. The van der Waals surface area contributed by atoms with Crippen LogP contribution in [0.5, 0.6) is 11.5 Å². The van der Waals surface area contributed by atoms with E-state index in [9.17, 15) is 0 Å². The first-order valence-corrected chi connectivity index (χ1v) is 6.77. The quantitative estimate of drug-likeness (QED) is 0.785. The van der Waals surface area contributed by atoms with Crippen molar-refractivity contribution in [1.29, 1.82) is 0 Å². The van der Waals surface area contributed by atoms with E-state index in [2.05, 4.69) is 29.4 Å². The molecule has 0 atom stereocenters. The van der Waals surface area contributed by atoms with Gasteiger partial charge in [-0.1, -0.05) is 13.5 Å². The first-order valence-electron chi connectivity index (χ1n) is 5.98. The Bertz CT molecular complexity index is 419. The summed E-state index contributed by atoms with van der Waals surface area (Å²) in [6, 6.07) is 3.97. The minimum absolute atomic E-state index is 0.502. The number of halogens is 1. The molecule has 0 amide bonds. The van der Waals surface area contributed by atoms with E-state index in [1.165, 1.54) is 0 Å². The van der Waals surface area contributed by atoms with E-state index in [1.54, 1.807) is 7.11 Å². The van der Waals surface area contributed by atoms with Crippen LogP contribution in [0.25, 0.3) is 0 Å². The molecule has 0 spiro atoms. The van der Waals surface area contributed by atoms with Gasteiger partial charge in [-0.2, -0.15) is 0 Å². The van der Waals surface area contributed by atoms with Crippen LogP contribution in [0.3, 0.4) is 0 Å². The molecular weight excluding hydrogens is 294 g/mol. The van der Waals surface area contributed by atoms with Gasteiger partial charge in [-0.15, -0.1) is 0 Å². The van der Waals surface area contributed by atoms with Crippen molar-refractivity contribution in [3.63, 3.8) is 0 Å². The molecule has 1 aromatic rings. The lowest BCUT2D eigenvalue weighted by molar-refractivity contribution is 0.315. The zero-order chi connectivity index (χ0) is 13.5. The van der Waals surface area contributed by atoms with Gasteiger partial charge < -0.3 is 15.2 Å². The van der Waals surface area contributed by atoms with Gasteiger partial charge in [-0.25, -0.2) is 0 Å². The lowest BCUT2D eigenvalue weighted by Gasteiger charge is -2.14. The maximum absolute atomic E-state index is 5.74. The molecule has 0 aliphatic carbocycles. The van der Waals surface area contributed by atoms with Crippen LogP contribution in [0.1, 0.15) is 18.9 Å². The number of methoxy groups -OCH3 is 1. The second kappa shape index (κ2) is 7.44. The summed E-state index contributed by atoms with van der Waals surface area (Å²) in [5, 5.41) is 0. The monoisotopic (exact) mass is 313 g/mol. The van der Waals surface area contributed by atoms with Crippen molar-refractivity contribution in [2.45, 2.75) is 19.8 Å². The summed E-state index contributed by atoms with van der Waals surface area (Å²) in [6.07, 6.45) is 1.72. The van der Waals surface area contributed by atoms with E-state index in [0.29, 0.717) is 18.9 Å². The molecule has 0 aromatic heterocycles. The van der Waals surface area contributed by atoms with Crippen molar-refractivity contribution in [3.05, 3.63) is 34.3 Å². The lowest BCUT2D eigenvalue weighted by atomic mass is 10.1. The standard InChI is InChI=1S/C14H20BrNO2/c1-4-10(2)9-18-14-12(15)7-11(5-6-16)8-13(14)17-3/h7-8H,2,4-6,9,16H2,1,3H3. The Hall–Kier alpha value is -1.00. The maximum atomic E-state index is 5.74. The van der Waals surface area contributed by atoms with Gasteiger partial charge in [0.25, 0.3) is 0 Å². The van der Waals surface area contributed by atoms with Crippen molar-refractivity contribution in [2.24, 2.45) is 5.73 Å². The predicted molar refractivity (Wildman–Crippen MR) is 78.4 cm³/mol. The highest BCUT2D eigenvalue weighted by Crippen LogP contribution is 2.37. The topological polar surface area (TPSA) is 44.5 Å². The molecular formula is C14H20BrNO2. The first-order chi connectivity index (χ1) is 8.62. The Morgan fingerprint density at radius 1 is 1.44 bits per heavy atom. The first kappa shape index (κ1) is 15.1. The Balaban J connectivity index is 2.92. The van der Waals surface area contributed by atoms with Crippen molar-refractivity contribution in [2.75, 3.05) is 20.3 Å². The third-order valence-electron chi connectivity index (χ3n) is 2.64. The molecule has 0 saturated heterocycles. The average Bonchev–Trinajstić information content (AvgIpc) is 2.36. The molecule has 1 aromatic carbocycles. The summed E-state index contributed by atoms with van der Waals surface area (Å²) in [6.45, 7) is 7.10. The summed E-state index contributed by atoms with van der Waals surface area (Å²) in [5.41, 5.74) is 7.74.